The van der Waals surface area contributed by atoms with E-state index in [2.05, 4.69) is 31.2 Å². The number of nitrogens with one attached hydrogen (secondary N) is 5. The van der Waals surface area contributed by atoms with Crippen LogP contribution in [0.4, 0.5) is 17.5 Å². The number of aromatic amines is 1. The average molecular weight is 445 g/mol. The molecule has 9 N–H and O–H groups in total. The first-order valence-corrected chi connectivity index (χ1v) is 9.71. The van der Waals surface area contributed by atoms with Gasteiger partial charge in [0.1, 0.15) is 11.7 Å². The molecule has 0 spiro atoms. The third-order valence-corrected chi connectivity index (χ3v) is 4.75. The predicted molar refractivity (Wildman–Crippen MR) is 114 cm³/mol. The molecule has 0 aliphatic carbocycles. The summed E-state index contributed by atoms with van der Waals surface area (Å²) in [4.78, 5) is 52.6. The third kappa shape index (κ3) is 5.72. The Kier molecular flexibility index (Phi) is 6.90. The Balaban J connectivity index is 1.54. The fourth-order valence-corrected chi connectivity index (χ4v) is 3.08. The average Bonchev–Trinajstić information content (AvgIpc) is 2.75. The van der Waals surface area contributed by atoms with Gasteiger partial charge < -0.3 is 31.9 Å². The Labute approximate surface area is 181 Å². The van der Waals surface area contributed by atoms with Gasteiger partial charge >= 0.3 is 11.9 Å². The summed E-state index contributed by atoms with van der Waals surface area (Å²) < 4.78 is 0. The zero-order chi connectivity index (χ0) is 23.3. The third-order valence-electron chi connectivity index (χ3n) is 4.75. The monoisotopic (exact) mass is 445 g/mol. The number of carboxylic acids is 2. The molecule has 2 heterocycles. The number of hydrogen-bond donors (Lipinski definition) is 8. The van der Waals surface area contributed by atoms with Gasteiger partial charge in [-0.15, -0.1) is 0 Å². The van der Waals surface area contributed by atoms with Crippen LogP contribution < -0.4 is 32.6 Å². The second kappa shape index (κ2) is 9.78. The lowest BCUT2D eigenvalue weighted by Gasteiger charge is -2.27. The number of amides is 1. The van der Waals surface area contributed by atoms with Crippen LogP contribution in [0.3, 0.4) is 0 Å². The van der Waals surface area contributed by atoms with Crippen molar-refractivity contribution in [2.45, 2.75) is 31.6 Å². The second-order valence-corrected chi connectivity index (χ2v) is 7.13. The van der Waals surface area contributed by atoms with E-state index in [0.29, 0.717) is 18.9 Å². The molecule has 0 unspecified atom stereocenters. The zero-order valence-electron chi connectivity index (χ0n) is 16.8. The topological polar surface area (TPSA) is 212 Å². The largest absolute Gasteiger partial charge is 0.481 e. The van der Waals surface area contributed by atoms with Gasteiger partial charge in [-0.3, -0.25) is 24.7 Å². The molecule has 2 atom stereocenters. The quantitative estimate of drug-likeness (QED) is 0.243. The fourth-order valence-electron chi connectivity index (χ4n) is 3.08. The minimum atomic E-state index is -1.30. The van der Waals surface area contributed by atoms with E-state index in [1.807, 2.05) is 0 Å². The highest BCUT2D eigenvalue weighted by atomic mass is 16.4. The SMILES string of the molecule is Nc1nc2c(c(=O)[nH]1)N[C@@H](NCc1ccc(C(=O)N[C@@H](CCC(=O)O)C(=O)O)cc1)CN2. The summed E-state index contributed by atoms with van der Waals surface area (Å²) in [6.07, 6.45) is -0.844. The van der Waals surface area contributed by atoms with E-state index >= 15 is 0 Å². The van der Waals surface area contributed by atoms with Crippen molar-refractivity contribution < 1.29 is 24.6 Å². The predicted octanol–water partition coefficient (Wildman–Crippen LogP) is -0.647. The van der Waals surface area contributed by atoms with Crippen molar-refractivity contribution >= 4 is 35.3 Å². The van der Waals surface area contributed by atoms with E-state index in [1.165, 1.54) is 0 Å². The molecule has 1 aromatic heterocycles. The summed E-state index contributed by atoms with van der Waals surface area (Å²) in [7, 11) is 0. The number of benzene rings is 1. The van der Waals surface area contributed by atoms with E-state index in [-0.39, 0.29) is 41.8 Å². The van der Waals surface area contributed by atoms with Crippen molar-refractivity contribution in [1.29, 1.82) is 0 Å². The van der Waals surface area contributed by atoms with Crippen LogP contribution in [-0.2, 0) is 16.1 Å². The fraction of sp³-hybridized carbons (Fsp3) is 0.316. The number of nitrogens with two attached hydrogens (primary N) is 1. The van der Waals surface area contributed by atoms with Gasteiger partial charge in [0.25, 0.3) is 11.5 Å². The highest BCUT2D eigenvalue weighted by molar-refractivity contribution is 5.96. The van der Waals surface area contributed by atoms with Crippen LogP contribution in [0.5, 0.6) is 0 Å². The van der Waals surface area contributed by atoms with Gasteiger partial charge in [0.05, 0.1) is 6.17 Å². The molecule has 1 aromatic carbocycles. The van der Waals surface area contributed by atoms with Crippen LogP contribution in [0.2, 0.25) is 0 Å². The number of rotatable bonds is 9. The normalized spacial score (nSPS) is 15.6. The molecule has 0 fully saturated rings. The van der Waals surface area contributed by atoms with E-state index in [9.17, 15) is 19.2 Å². The number of anilines is 3. The number of nitrogen functional groups attached to an aromatic ring is 1. The summed E-state index contributed by atoms with van der Waals surface area (Å²) in [5.74, 6) is -2.65. The first kappa shape index (κ1) is 22.6. The maximum absolute atomic E-state index is 12.3. The van der Waals surface area contributed by atoms with E-state index in [4.69, 9.17) is 15.9 Å². The van der Waals surface area contributed by atoms with Crippen LogP contribution in [0.15, 0.2) is 29.1 Å². The molecule has 3 rings (SSSR count). The Morgan fingerprint density at radius 3 is 2.59 bits per heavy atom. The molecule has 1 aliphatic heterocycles. The van der Waals surface area contributed by atoms with Crippen molar-refractivity contribution in [3.05, 3.63) is 45.7 Å². The molecule has 0 saturated carbocycles. The minimum absolute atomic E-state index is 0.0233. The Hall–Kier alpha value is -4.13. The van der Waals surface area contributed by atoms with Gasteiger partial charge in [0, 0.05) is 25.1 Å². The molecule has 0 bridgehead atoms. The summed E-state index contributed by atoms with van der Waals surface area (Å²) in [6, 6.07) is 5.20. The highest BCUT2D eigenvalue weighted by Crippen LogP contribution is 2.19. The summed E-state index contributed by atoms with van der Waals surface area (Å²) >= 11 is 0. The van der Waals surface area contributed by atoms with Gasteiger partial charge in [-0.05, 0) is 24.1 Å². The summed E-state index contributed by atoms with van der Waals surface area (Å²) in [6.45, 7) is 0.879. The molecule has 0 saturated heterocycles. The lowest BCUT2D eigenvalue weighted by atomic mass is 10.1. The van der Waals surface area contributed by atoms with Gasteiger partial charge in [-0.25, -0.2) is 4.79 Å². The van der Waals surface area contributed by atoms with Crippen LogP contribution >= 0.6 is 0 Å². The standard InChI is InChI=1S/C19H23N7O6/c20-19-25-15-14(17(30)26-19)24-12(8-22-15)21-7-9-1-3-10(4-2-9)16(29)23-11(18(31)32)5-6-13(27)28/h1-4,11-12,21,24H,5-8H2,(H,23,29)(H,27,28)(H,31,32)(H4,20,22,25,26,30)/t11-,12+/m0/s1. The van der Waals surface area contributed by atoms with Crippen LogP contribution in [0, 0.1) is 0 Å². The van der Waals surface area contributed by atoms with Crippen LogP contribution in [0.25, 0.3) is 0 Å². The van der Waals surface area contributed by atoms with Crippen molar-refractivity contribution in [2.24, 2.45) is 0 Å². The maximum atomic E-state index is 12.3. The number of H-pyrrole nitrogens is 1. The Bertz CT molecular complexity index is 1070. The summed E-state index contributed by atoms with van der Waals surface area (Å²) in [5, 5.41) is 29.5. The molecule has 1 amide bonds. The number of hydrogen-bond acceptors (Lipinski definition) is 9. The number of aliphatic carboxylic acids is 2. The van der Waals surface area contributed by atoms with Crippen molar-refractivity contribution in [3.63, 3.8) is 0 Å². The van der Waals surface area contributed by atoms with E-state index in [1.54, 1.807) is 24.3 Å². The first-order chi connectivity index (χ1) is 15.2. The lowest BCUT2D eigenvalue weighted by molar-refractivity contribution is -0.140. The van der Waals surface area contributed by atoms with Gasteiger partial charge in [-0.1, -0.05) is 12.1 Å². The number of carbonyl (C=O) groups excluding carboxylic acids is 1. The number of carboxylic acid groups (broad SMARTS) is 2. The molecule has 1 aliphatic rings. The molecule has 2 aromatic rings. The summed E-state index contributed by atoms with van der Waals surface area (Å²) in [5.41, 5.74) is 6.51. The first-order valence-electron chi connectivity index (χ1n) is 9.71. The zero-order valence-corrected chi connectivity index (χ0v) is 16.8. The van der Waals surface area contributed by atoms with Crippen molar-refractivity contribution in [3.8, 4) is 0 Å². The molecular formula is C19H23N7O6. The van der Waals surface area contributed by atoms with Crippen LogP contribution in [-0.4, -0.2) is 56.8 Å². The molecule has 13 heteroatoms. The minimum Gasteiger partial charge on any atom is -0.481 e. The van der Waals surface area contributed by atoms with Crippen LogP contribution in [0.1, 0.15) is 28.8 Å². The van der Waals surface area contributed by atoms with Gasteiger partial charge in [0.2, 0.25) is 5.95 Å². The Morgan fingerprint density at radius 2 is 1.94 bits per heavy atom. The van der Waals surface area contributed by atoms with Gasteiger partial charge in [-0.2, -0.15) is 4.98 Å². The molecule has 0 radical (unpaired) electrons. The smallest absolute Gasteiger partial charge is 0.326 e. The molecular weight excluding hydrogens is 422 g/mol. The number of aromatic nitrogens is 2. The van der Waals surface area contributed by atoms with E-state index in [0.717, 1.165) is 5.56 Å². The lowest BCUT2D eigenvalue weighted by Crippen LogP contribution is -2.46. The number of fused-ring (bicyclic) bond motifs is 1. The molecule has 170 valence electrons. The number of carbonyl (C=O) groups is 3. The maximum Gasteiger partial charge on any atom is 0.326 e. The molecule has 13 nitrogen and oxygen atoms in total. The van der Waals surface area contributed by atoms with Crippen molar-refractivity contribution in [2.75, 3.05) is 22.9 Å². The van der Waals surface area contributed by atoms with Crippen molar-refractivity contribution in [1.82, 2.24) is 20.6 Å². The van der Waals surface area contributed by atoms with E-state index < -0.39 is 23.9 Å². The Morgan fingerprint density at radius 1 is 1.22 bits per heavy atom. The number of nitrogens with zero attached hydrogens (tertiary/aromatic N) is 1. The second-order valence-electron chi connectivity index (χ2n) is 7.13. The van der Waals surface area contributed by atoms with Gasteiger partial charge in [0.15, 0.2) is 5.82 Å². The highest BCUT2D eigenvalue weighted by Gasteiger charge is 2.22. The molecule has 32 heavy (non-hydrogen) atoms.